The van der Waals surface area contributed by atoms with E-state index in [0.717, 1.165) is 45.0 Å². The summed E-state index contributed by atoms with van der Waals surface area (Å²) in [6.07, 6.45) is 1.25. The lowest BCUT2D eigenvalue weighted by Gasteiger charge is -2.32. The number of nitrogens with zero attached hydrogens (tertiary/aromatic N) is 4. The van der Waals surface area contributed by atoms with E-state index in [-0.39, 0.29) is 11.6 Å². The number of likely N-dealkylation sites (tertiary alicyclic amines) is 1. The molecule has 1 aliphatic carbocycles. The molecular weight excluding hydrogens is 405 g/mol. The van der Waals surface area contributed by atoms with Crippen LogP contribution in [0.2, 0.25) is 0 Å². The lowest BCUT2D eigenvalue weighted by atomic mass is 10.1. The predicted octanol–water partition coefficient (Wildman–Crippen LogP) is 4.68. The fraction of sp³-hybridized carbons (Fsp3) is 0.652. The van der Waals surface area contributed by atoms with Crippen molar-refractivity contribution in [3.05, 3.63) is 35.5 Å². The molecule has 2 aliphatic heterocycles. The molecule has 0 spiro atoms. The first kappa shape index (κ1) is 20.9. The Labute approximate surface area is 180 Å². The van der Waals surface area contributed by atoms with Gasteiger partial charge in [0.15, 0.2) is 0 Å². The first-order chi connectivity index (χ1) is 14.7. The number of halogens is 3. The van der Waals surface area contributed by atoms with Crippen LogP contribution in [0.5, 0.6) is 0 Å². The molecule has 2 aromatic rings. The predicted molar refractivity (Wildman–Crippen MR) is 111 cm³/mol. The lowest BCUT2D eigenvalue weighted by Crippen LogP contribution is -2.39. The van der Waals surface area contributed by atoms with Gasteiger partial charge in [-0.1, -0.05) is 13.8 Å². The first-order valence-corrected chi connectivity index (χ1v) is 11.2. The molecule has 168 valence electrons. The minimum atomic E-state index is -4.42. The van der Waals surface area contributed by atoms with Crippen molar-refractivity contribution in [2.45, 2.75) is 57.8 Å². The van der Waals surface area contributed by atoms with Gasteiger partial charge >= 0.3 is 6.18 Å². The highest BCUT2D eigenvalue weighted by Gasteiger charge is 2.58. The van der Waals surface area contributed by atoms with Gasteiger partial charge in [0.1, 0.15) is 5.82 Å². The number of aromatic nitrogens is 3. The van der Waals surface area contributed by atoms with Gasteiger partial charge in [0.05, 0.1) is 11.3 Å². The number of fused-ring (bicyclic) bond motifs is 1. The Morgan fingerprint density at radius 3 is 2.42 bits per heavy atom. The summed E-state index contributed by atoms with van der Waals surface area (Å²) in [6, 6.07) is 2.21. The van der Waals surface area contributed by atoms with E-state index in [4.69, 9.17) is 9.72 Å². The molecule has 2 aromatic heterocycles. The fourth-order valence-corrected chi connectivity index (χ4v) is 5.46. The molecule has 0 amide bonds. The zero-order valence-corrected chi connectivity index (χ0v) is 18.2. The molecule has 0 N–H and O–H groups in total. The Morgan fingerprint density at radius 1 is 1.13 bits per heavy atom. The third kappa shape index (κ3) is 3.78. The summed E-state index contributed by atoms with van der Waals surface area (Å²) in [5.74, 6) is 2.34. The lowest BCUT2D eigenvalue weighted by molar-refractivity contribution is -0.138. The van der Waals surface area contributed by atoms with Gasteiger partial charge in [-0.05, 0) is 37.7 Å². The summed E-state index contributed by atoms with van der Waals surface area (Å²) in [4.78, 5) is 11.4. The van der Waals surface area contributed by atoms with Crippen molar-refractivity contribution in [1.29, 1.82) is 0 Å². The van der Waals surface area contributed by atoms with E-state index < -0.39 is 11.7 Å². The first-order valence-electron chi connectivity index (χ1n) is 11.2. The SMILES string of the molecule is Cc1ncc(-c2cn(C3[C@H]4CN(C5CCOCC5)C[C@@H]34)c(C(C)C)n2)cc1C(F)(F)F. The molecule has 0 bridgehead atoms. The molecule has 0 radical (unpaired) electrons. The second kappa shape index (κ2) is 7.59. The monoisotopic (exact) mass is 434 g/mol. The second-order valence-electron chi connectivity index (χ2n) is 9.52. The molecular formula is C23H29F3N4O. The van der Waals surface area contributed by atoms with Crippen LogP contribution in [0.4, 0.5) is 13.2 Å². The third-order valence-electron chi connectivity index (χ3n) is 7.17. The number of hydrogen-bond acceptors (Lipinski definition) is 4. The Bertz CT molecular complexity index is 952. The number of ether oxygens (including phenoxy) is 1. The highest BCUT2D eigenvalue weighted by Crippen LogP contribution is 2.57. The third-order valence-corrected chi connectivity index (χ3v) is 7.17. The van der Waals surface area contributed by atoms with Crippen LogP contribution in [0.3, 0.4) is 0 Å². The molecule has 2 saturated heterocycles. The van der Waals surface area contributed by atoms with Gasteiger partial charge in [-0.25, -0.2) is 4.98 Å². The van der Waals surface area contributed by atoms with E-state index in [2.05, 4.69) is 28.3 Å². The van der Waals surface area contributed by atoms with Crippen molar-refractivity contribution in [3.8, 4) is 11.3 Å². The number of piperidine rings is 1. The number of hydrogen-bond donors (Lipinski definition) is 0. The Balaban J connectivity index is 1.39. The van der Waals surface area contributed by atoms with E-state index in [1.165, 1.54) is 19.2 Å². The van der Waals surface area contributed by atoms with Crippen LogP contribution in [-0.2, 0) is 10.9 Å². The number of alkyl halides is 3. The van der Waals surface area contributed by atoms with Crippen LogP contribution in [0, 0.1) is 18.8 Å². The van der Waals surface area contributed by atoms with E-state index in [0.29, 0.717) is 35.2 Å². The van der Waals surface area contributed by atoms with Crippen LogP contribution in [0.15, 0.2) is 18.5 Å². The molecule has 1 unspecified atom stereocenters. The van der Waals surface area contributed by atoms with Gasteiger partial charge in [-0.2, -0.15) is 13.2 Å². The second-order valence-corrected chi connectivity index (χ2v) is 9.52. The molecule has 8 heteroatoms. The normalized spacial score (nSPS) is 27.1. The standard InChI is InChI=1S/C23H29F3N4O/c1-13(2)22-28-20(15-8-19(23(24,25)26)14(3)27-9-15)12-30(22)21-17-10-29(11-18(17)21)16-4-6-31-7-5-16/h8-9,12-13,16-18,21H,4-7,10-11H2,1-3H3/t17-,18+,21?. The van der Waals surface area contributed by atoms with Crippen LogP contribution < -0.4 is 0 Å². The maximum Gasteiger partial charge on any atom is 0.418 e. The highest BCUT2D eigenvalue weighted by molar-refractivity contribution is 5.59. The Hall–Kier alpha value is -1.93. The minimum Gasteiger partial charge on any atom is -0.381 e. The summed E-state index contributed by atoms with van der Waals surface area (Å²) in [7, 11) is 0. The van der Waals surface area contributed by atoms with Crippen molar-refractivity contribution in [3.63, 3.8) is 0 Å². The molecule has 4 heterocycles. The van der Waals surface area contributed by atoms with Crippen molar-refractivity contribution >= 4 is 0 Å². The van der Waals surface area contributed by atoms with Crippen molar-refractivity contribution in [2.24, 2.45) is 11.8 Å². The summed E-state index contributed by atoms with van der Waals surface area (Å²) in [5, 5.41) is 0. The molecule has 0 aromatic carbocycles. The molecule has 3 atom stereocenters. The van der Waals surface area contributed by atoms with Gasteiger partial charge in [-0.15, -0.1) is 0 Å². The van der Waals surface area contributed by atoms with E-state index >= 15 is 0 Å². The van der Waals surface area contributed by atoms with Crippen LogP contribution in [0.25, 0.3) is 11.3 Å². The molecule has 1 saturated carbocycles. The molecule has 5 rings (SSSR count). The Morgan fingerprint density at radius 2 is 1.81 bits per heavy atom. The van der Waals surface area contributed by atoms with E-state index in [9.17, 15) is 13.2 Å². The number of aryl methyl sites for hydroxylation is 1. The van der Waals surface area contributed by atoms with Crippen LogP contribution in [-0.4, -0.2) is 51.8 Å². The molecule has 31 heavy (non-hydrogen) atoms. The smallest absolute Gasteiger partial charge is 0.381 e. The molecule has 3 aliphatic rings. The van der Waals surface area contributed by atoms with Gasteiger partial charge in [-0.3, -0.25) is 9.88 Å². The average Bonchev–Trinajstić information content (AvgIpc) is 3.09. The number of imidazole rings is 1. The minimum absolute atomic E-state index is 0.00954. The van der Waals surface area contributed by atoms with Crippen molar-refractivity contribution < 1.29 is 17.9 Å². The average molecular weight is 435 g/mol. The number of rotatable bonds is 4. The maximum absolute atomic E-state index is 13.4. The maximum atomic E-state index is 13.4. The van der Waals surface area contributed by atoms with Gasteiger partial charge in [0, 0.05) is 68.0 Å². The quantitative estimate of drug-likeness (QED) is 0.701. The van der Waals surface area contributed by atoms with Gasteiger partial charge in [0.25, 0.3) is 0 Å². The summed E-state index contributed by atoms with van der Waals surface area (Å²) in [5.41, 5.74) is 0.298. The van der Waals surface area contributed by atoms with Crippen molar-refractivity contribution in [1.82, 2.24) is 19.4 Å². The largest absolute Gasteiger partial charge is 0.418 e. The summed E-state index contributed by atoms with van der Waals surface area (Å²) < 4.78 is 47.8. The van der Waals surface area contributed by atoms with E-state index in [1.807, 2.05) is 6.20 Å². The van der Waals surface area contributed by atoms with Gasteiger partial charge in [0.2, 0.25) is 0 Å². The fourth-order valence-electron chi connectivity index (χ4n) is 5.46. The number of pyridine rings is 1. The topological polar surface area (TPSA) is 43.2 Å². The van der Waals surface area contributed by atoms with E-state index in [1.54, 1.807) is 0 Å². The zero-order valence-electron chi connectivity index (χ0n) is 18.2. The highest BCUT2D eigenvalue weighted by atomic mass is 19.4. The summed E-state index contributed by atoms with van der Waals surface area (Å²) >= 11 is 0. The van der Waals surface area contributed by atoms with Gasteiger partial charge < -0.3 is 9.30 Å². The van der Waals surface area contributed by atoms with Crippen LogP contribution in [0.1, 0.15) is 55.7 Å². The molecule has 5 nitrogen and oxygen atoms in total. The van der Waals surface area contributed by atoms with Crippen molar-refractivity contribution in [2.75, 3.05) is 26.3 Å². The van der Waals surface area contributed by atoms with Crippen LogP contribution >= 0.6 is 0 Å². The molecule has 3 fully saturated rings. The Kier molecular flexibility index (Phi) is 5.13. The summed E-state index contributed by atoms with van der Waals surface area (Å²) in [6.45, 7) is 9.46. The zero-order chi connectivity index (χ0) is 21.9.